The molecule has 2 aromatic heterocycles. The fourth-order valence-electron chi connectivity index (χ4n) is 3.10. The fourth-order valence-corrected chi connectivity index (χ4v) is 3.10. The first-order valence-electron chi connectivity index (χ1n) is 7.93. The summed E-state index contributed by atoms with van der Waals surface area (Å²) < 4.78 is 7.71. The minimum Gasteiger partial charge on any atom is -0.356 e. The van der Waals surface area contributed by atoms with Crippen molar-refractivity contribution in [3.63, 3.8) is 0 Å². The lowest BCUT2D eigenvalue weighted by Crippen LogP contribution is -2.19. The molecule has 0 radical (unpaired) electrons. The van der Waals surface area contributed by atoms with E-state index in [-0.39, 0.29) is 16.8 Å². The Hall–Kier alpha value is -2.80. The monoisotopic (exact) mass is 324 g/mol. The molecule has 4 rings (SSSR count). The summed E-state index contributed by atoms with van der Waals surface area (Å²) in [6, 6.07) is 8.56. The SMILES string of the molecule is O=[N+]([O-])c1ccc2c(c1)c(-c1ccncc1)nn2C1CCCCO1. The number of hydrogen-bond donors (Lipinski definition) is 0. The van der Waals surface area contributed by atoms with Crippen LogP contribution < -0.4 is 0 Å². The van der Waals surface area contributed by atoms with Gasteiger partial charge >= 0.3 is 0 Å². The van der Waals surface area contributed by atoms with Gasteiger partial charge in [0.05, 0.1) is 10.4 Å². The highest BCUT2D eigenvalue weighted by Gasteiger charge is 2.23. The van der Waals surface area contributed by atoms with E-state index in [4.69, 9.17) is 9.84 Å². The van der Waals surface area contributed by atoms with E-state index in [1.54, 1.807) is 24.5 Å². The molecule has 7 heteroatoms. The van der Waals surface area contributed by atoms with Gasteiger partial charge in [-0.15, -0.1) is 0 Å². The van der Waals surface area contributed by atoms with Gasteiger partial charge in [-0.1, -0.05) is 0 Å². The van der Waals surface area contributed by atoms with Crippen LogP contribution in [0.1, 0.15) is 25.5 Å². The van der Waals surface area contributed by atoms with Crippen LogP contribution in [0.15, 0.2) is 42.7 Å². The topological polar surface area (TPSA) is 83.1 Å². The van der Waals surface area contributed by atoms with Crippen LogP contribution in [0.4, 0.5) is 5.69 Å². The van der Waals surface area contributed by atoms with Crippen LogP contribution in [0.3, 0.4) is 0 Å². The van der Waals surface area contributed by atoms with Gasteiger partial charge in [-0.25, -0.2) is 4.68 Å². The van der Waals surface area contributed by atoms with Crippen LogP contribution >= 0.6 is 0 Å². The summed E-state index contributed by atoms with van der Waals surface area (Å²) in [4.78, 5) is 14.8. The van der Waals surface area contributed by atoms with Crippen LogP contribution in [-0.4, -0.2) is 26.3 Å². The summed E-state index contributed by atoms with van der Waals surface area (Å²) in [5, 5.41) is 16.6. The van der Waals surface area contributed by atoms with E-state index in [2.05, 4.69) is 4.98 Å². The fraction of sp³-hybridized carbons (Fsp3) is 0.294. The third kappa shape index (κ3) is 2.52. The van der Waals surface area contributed by atoms with Crippen molar-refractivity contribution in [3.05, 3.63) is 52.8 Å². The number of pyridine rings is 1. The molecule has 1 aliphatic heterocycles. The number of fused-ring (bicyclic) bond motifs is 1. The number of nitrogens with zero attached hydrogens (tertiary/aromatic N) is 4. The van der Waals surface area contributed by atoms with Crippen molar-refractivity contribution < 1.29 is 9.66 Å². The number of benzene rings is 1. The van der Waals surface area contributed by atoms with E-state index >= 15 is 0 Å². The average molecular weight is 324 g/mol. The third-order valence-corrected chi connectivity index (χ3v) is 4.28. The minimum atomic E-state index is -0.385. The first-order valence-corrected chi connectivity index (χ1v) is 7.93. The molecule has 0 bridgehead atoms. The lowest BCUT2D eigenvalue weighted by Gasteiger charge is -2.23. The Labute approximate surface area is 138 Å². The highest BCUT2D eigenvalue weighted by atomic mass is 16.6. The van der Waals surface area contributed by atoms with Crippen molar-refractivity contribution >= 4 is 16.6 Å². The number of ether oxygens (including phenoxy) is 1. The summed E-state index contributed by atoms with van der Waals surface area (Å²) in [6.07, 6.45) is 6.28. The Bertz CT molecular complexity index is 885. The van der Waals surface area contributed by atoms with Gasteiger partial charge in [-0.3, -0.25) is 15.1 Å². The number of nitro groups is 1. The standard InChI is InChI=1S/C17H16N4O3/c22-21(23)13-4-5-15-14(11-13)17(12-6-8-18-9-7-12)19-20(15)16-3-1-2-10-24-16/h4-9,11,16H,1-3,10H2. The van der Waals surface area contributed by atoms with Crippen molar-refractivity contribution in [1.82, 2.24) is 14.8 Å². The lowest BCUT2D eigenvalue weighted by molar-refractivity contribution is -0.384. The van der Waals surface area contributed by atoms with Crippen LogP contribution in [0.25, 0.3) is 22.2 Å². The number of hydrogen-bond acceptors (Lipinski definition) is 5. The molecule has 7 nitrogen and oxygen atoms in total. The van der Waals surface area contributed by atoms with Crippen molar-refractivity contribution in [1.29, 1.82) is 0 Å². The lowest BCUT2D eigenvalue weighted by atomic mass is 10.1. The Morgan fingerprint density at radius 1 is 1.21 bits per heavy atom. The highest BCUT2D eigenvalue weighted by Crippen LogP contribution is 2.34. The third-order valence-electron chi connectivity index (χ3n) is 4.28. The summed E-state index contributed by atoms with van der Waals surface area (Å²) >= 11 is 0. The van der Waals surface area contributed by atoms with E-state index < -0.39 is 0 Å². The van der Waals surface area contributed by atoms with Gasteiger partial charge in [0.25, 0.3) is 5.69 Å². The normalized spacial score (nSPS) is 17.9. The second-order valence-corrected chi connectivity index (χ2v) is 5.81. The number of non-ortho nitro benzene ring substituents is 1. The predicted molar refractivity (Wildman–Crippen MR) is 88.5 cm³/mol. The molecule has 24 heavy (non-hydrogen) atoms. The first-order chi connectivity index (χ1) is 11.7. The van der Waals surface area contributed by atoms with Crippen molar-refractivity contribution in [3.8, 4) is 11.3 Å². The van der Waals surface area contributed by atoms with Crippen LogP contribution in [-0.2, 0) is 4.74 Å². The maximum Gasteiger partial charge on any atom is 0.270 e. The van der Waals surface area contributed by atoms with Crippen molar-refractivity contribution in [2.75, 3.05) is 6.61 Å². The zero-order valence-corrected chi connectivity index (χ0v) is 13.0. The van der Waals surface area contributed by atoms with E-state index in [0.717, 1.165) is 35.7 Å². The Kier molecular flexibility index (Phi) is 3.70. The quantitative estimate of drug-likeness (QED) is 0.542. The number of nitro benzene ring substituents is 1. The Morgan fingerprint density at radius 3 is 2.75 bits per heavy atom. The van der Waals surface area contributed by atoms with E-state index in [9.17, 15) is 10.1 Å². The summed E-state index contributed by atoms with van der Waals surface area (Å²) in [5.41, 5.74) is 2.50. The maximum absolute atomic E-state index is 11.1. The van der Waals surface area contributed by atoms with Gasteiger partial charge in [0.1, 0.15) is 5.69 Å². The van der Waals surface area contributed by atoms with Crippen LogP contribution in [0.2, 0.25) is 0 Å². The van der Waals surface area contributed by atoms with E-state index in [1.807, 2.05) is 16.8 Å². The van der Waals surface area contributed by atoms with Crippen LogP contribution in [0, 0.1) is 10.1 Å². The molecule has 0 aliphatic carbocycles. The van der Waals surface area contributed by atoms with Gasteiger partial charge in [-0.2, -0.15) is 5.10 Å². The second-order valence-electron chi connectivity index (χ2n) is 5.81. The summed E-state index contributed by atoms with van der Waals surface area (Å²) in [6.45, 7) is 0.712. The molecule has 3 aromatic rings. The molecule has 1 saturated heterocycles. The summed E-state index contributed by atoms with van der Waals surface area (Å²) in [5.74, 6) is 0. The van der Waals surface area contributed by atoms with Gasteiger partial charge in [0.15, 0.2) is 6.23 Å². The molecule has 1 atom stereocenters. The van der Waals surface area contributed by atoms with E-state index in [0.29, 0.717) is 12.3 Å². The van der Waals surface area contributed by atoms with Gasteiger partial charge in [-0.05, 0) is 37.5 Å². The molecule has 1 fully saturated rings. The molecule has 0 spiro atoms. The van der Waals surface area contributed by atoms with E-state index in [1.165, 1.54) is 6.07 Å². The second kappa shape index (κ2) is 6.01. The molecular formula is C17H16N4O3. The maximum atomic E-state index is 11.1. The molecule has 0 N–H and O–H groups in total. The van der Waals surface area contributed by atoms with Crippen LogP contribution in [0.5, 0.6) is 0 Å². The molecule has 1 aromatic carbocycles. The average Bonchev–Trinajstić information content (AvgIpc) is 3.02. The zero-order chi connectivity index (χ0) is 16.5. The number of rotatable bonds is 3. The predicted octanol–water partition coefficient (Wildman–Crippen LogP) is 3.71. The molecule has 1 aliphatic rings. The smallest absolute Gasteiger partial charge is 0.270 e. The Balaban J connectivity index is 1.92. The minimum absolute atomic E-state index is 0.0573. The van der Waals surface area contributed by atoms with Gasteiger partial charge in [0.2, 0.25) is 0 Å². The zero-order valence-electron chi connectivity index (χ0n) is 13.0. The number of aromatic nitrogens is 3. The molecule has 0 saturated carbocycles. The molecule has 0 amide bonds. The van der Waals surface area contributed by atoms with Crippen molar-refractivity contribution in [2.24, 2.45) is 0 Å². The largest absolute Gasteiger partial charge is 0.356 e. The molecule has 122 valence electrons. The molecular weight excluding hydrogens is 308 g/mol. The molecule has 1 unspecified atom stereocenters. The Morgan fingerprint density at radius 2 is 2.04 bits per heavy atom. The van der Waals surface area contributed by atoms with Crippen molar-refractivity contribution in [2.45, 2.75) is 25.5 Å². The van der Waals surface area contributed by atoms with Gasteiger partial charge in [0, 0.05) is 42.1 Å². The van der Waals surface area contributed by atoms with Gasteiger partial charge < -0.3 is 4.74 Å². The first kappa shape index (κ1) is 14.8. The highest BCUT2D eigenvalue weighted by molar-refractivity contribution is 5.94. The molecule has 3 heterocycles. The summed E-state index contributed by atoms with van der Waals surface area (Å²) in [7, 11) is 0.